The molecule has 0 saturated carbocycles. The Labute approximate surface area is 70.0 Å². The summed E-state index contributed by atoms with van der Waals surface area (Å²) in [5, 5.41) is 0. The predicted octanol–water partition coefficient (Wildman–Crippen LogP) is 0.419. The molecular formula is C6H8O5S. The van der Waals surface area contributed by atoms with E-state index >= 15 is 0 Å². The summed E-state index contributed by atoms with van der Waals surface area (Å²) in [6.07, 6.45) is 7.64. The molecule has 6 heteroatoms. The lowest BCUT2D eigenvalue weighted by molar-refractivity contribution is -0.113. The average molecular weight is 192 g/mol. The molecule has 0 unspecified atom stereocenters. The molecule has 5 nitrogen and oxygen atoms in total. The third-order valence-corrected chi connectivity index (χ3v) is 0.848. The first-order valence-corrected chi connectivity index (χ1v) is 4.35. The molecule has 0 aromatic rings. The Morgan fingerprint density at radius 2 is 1.75 bits per heavy atom. The Morgan fingerprint density at radius 1 is 1.25 bits per heavy atom. The van der Waals surface area contributed by atoms with Crippen LogP contribution >= 0.6 is 0 Å². The molecule has 68 valence electrons. The Kier molecular flexibility index (Phi) is 4.42. The zero-order chi connectivity index (χ0) is 9.61. The van der Waals surface area contributed by atoms with Crippen molar-refractivity contribution < 1.29 is 22.3 Å². The van der Waals surface area contributed by atoms with Gasteiger partial charge in [0.15, 0.2) is 5.78 Å². The largest absolute Gasteiger partial charge is 0.394 e. The van der Waals surface area contributed by atoms with Crippen molar-refractivity contribution in [1.82, 2.24) is 0 Å². The summed E-state index contributed by atoms with van der Waals surface area (Å²) in [4.78, 5) is 10.3. The minimum atomic E-state index is -4.67. The lowest BCUT2D eigenvalue weighted by atomic mass is 10.2. The van der Waals surface area contributed by atoms with Crippen molar-refractivity contribution in [2.45, 2.75) is 6.42 Å². The number of hydrogen-bond donors (Lipinski definition) is 2. The first-order chi connectivity index (χ1) is 5.39. The zero-order valence-electron chi connectivity index (χ0n) is 6.04. The summed E-state index contributed by atoms with van der Waals surface area (Å²) >= 11 is 0. The summed E-state index contributed by atoms with van der Waals surface area (Å²) in [6.45, 7) is 0. The normalized spacial score (nSPS) is 15.3. The summed E-state index contributed by atoms with van der Waals surface area (Å²) in [7, 11) is -4.67. The van der Waals surface area contributed by atoms with E-state index in [1.54, 1.807) is 12.2 Å². The summed E-state index contributed by atoms with van der Waals surface area (Å²) in [6, 6.07) is 0. The number of rotatable bonds is 0. The molecular weight excluding hydrogens is 184 g/mol. The quantitative estimate of drug-likeness (QED) is 0.542. The highest BCUT2D eigenvalue weighted by molar-refractivity contribution is 7.79. The predicted molar refractivity (Wildman–Crippen MR) is 42.1 cm³/mol. The number of carbonyl (C=O) groups excluding carboxylic acids is 1. The fourth-order valence-electron chi connectivity index (χ4n) is 0.494. The van der Waals surface area contributed by atoms with Gasteiger partial charge in [-0.1, -0.05) is 18.2 Å². The van der Waals surface area contributed by atoms with Gasteiger partial charge in [0.25, 0.3) is 0 Å². The molecule has 0 heterocycles. The standard InChI is InChI=1S/C6H6O.H2O4S/c7-6-4-2-1-3-5-6;1-5(2,3)4/h1-4H,5H2;(H2,1,2,3,4). The molecule has 0 fully saturated rings. The maximum atomic E-state index is 10.3. The van der Waals surface area contributed by atoms with Crippen LogP contribution in [0.4, 0.5) is 0 Å². The van der Waals surface area contributed by atoms with Crippen LogP contribution in [0, 0.1) is 0 Å². The molecule has 1 aliphatic rings. The van der Waals surface area contributed by atoms with E-state index in [1.165, 1.54) is 0 Å². The molecule has 0 amide bonds. The van der Waals surface area contributed by atoms with Crippen molar-refractivity contribution in [3.05, 3.63) is 24.3 Å². The first kappa shape index (κ1) is 11.0. The van der Waals surface area contributed by atoms with Crippen LogP contribution in [0.3, 0.4) is 0 Å². The van der Waals surface area contributed by atoms with Gasteiger partial charge >= 0.3 is 10.4 Å². The van der Waals surface area contributed by atoms with Crippen LogP contribution in [0.25, 0.3) is 0 Å². The van der Waals surface area contributed by atoms with Crippen molar-refractivity contribution in [3.63, 3.8) is 0 Å². The van der Waals surface area contributed by atoms with Crippen LogP contribution in [0.5, 0.6) is 0 Å². The molecule has 0 saturated heterocycles. The van der Waals surface area contributed by atoms with Crippen molar-refractivity contribution in [2.24, 2.45) is 0 Å². The second kappa shape index (κ2) is 4.81. The smallest absolute Gasteiger partial charge is 0.295 e. The first-order valence-electron chi connectivity index (χ1n) is 2.95. The molecule has 0 atom stereocenters. The van der Waals surface area contributed by atoms with E-state index in [9.17, 15) is 4.79 Å². The third-order valence-electron chi connectivity index (χ3n) is 0.848. The Bertz CT molecular complexity index is 290. The van der Waals surface area contributed by atoms with Crippen LogP contribution in [0.1, 0.15) is 6.42 Å². The fraction of sp³-hybridized carbons (Fsp3) is 0.167. The third kappa shape index (κ3) is 11.8. The highest BCUT2D eigenvalue weighted by Gasteiger charge is 1.92. The number of ketones is 1. The van der Waals surface area contributed by atoms with Gasteiger partial charge in [0.05, 0.1) is 0 Å². The van der Waals surface area contributed by atoms with E-state index in [0.29, 0.717) is 6.42 Å². The number of carbonyl (C=O) groups is 1. The van der Waals surface area contributed by atoms with Gasteiger partial charge in [-0.3, -0.25) is 13.9 Å². The van der Waals surface area contributed by atoms with Crippen molar-refractivity contribution in [1.29, 1.82) is 0 Å². The maximum absolute atomic E-state index is 10.3. The van der Waals surface area contributed by atoms with E-state index in [-0.39, 0.29) is 5.78 Å². The van der Waals surface area contributed by atoms with Crippen molar-refractivity contribution >= 4 is 16.2 Å². The fourth-order valence-corrected chi connectivity index (χ4v) is 0.494. The van der Waals surface area contributed by atoms with Gasteiger partial charge in [0.2, 0.25) is 0 Å². The molecule has 12 heavy (non-hydrogen) atoms. The summed E-state index contributed by atoms with van der Waals surface area (Å²) in [5.41, 5.74) is 0. The van der Waals surface area contributed by atoms with Crippen LogP contribution in [-0.2, 0) is 15.2 Å². The molecule has 0 bridgehead atoms. The van der Waals surface area contributed by atoms with E-state index in [1.807, 2.05) is 12.2 Å². The molecule has 1 aliphatic carbocycles. The topological polar surface area (TPSA) is 91.7 Å². The van der Waals surface area contributed by atoms with Gasteiger partial charge in [0.1, 0.15) is 0 Å². The monoisotopic (exact) mass is 192 g/mol. The zero-order valence-corrected chi connectivity index (χ0v) is 6.86. The number of hydrogen-bond acceptors (Lipinski definition) is 3. The Balaban J connectivity index is 0.000000217. The maximum Gasteiger partial charge on any atom is 0.394 e. The molecule has 0 radical (unpaired) electrons. The molecule has 0 aliphatic heterocycles. The number of allylic oxidation sites excluding steroid dienone is 4. The van der Waals surface area contributed by atoms with E-state index < -0.39 is 10.4 Å². The van der Waals surface area contributed by atoms with Crippen molar-refractivity contribution in [2.75, 3.05) is 0 Å². The van der Waals surface area contributed by atoms with Crippen molar-refractivity contribution in [3.8, 4) is 0 Å². The molecule has 2 N–H and O–H groups in total. The second-order valence-electron chi connectivity index (χ2n) is 1.91. The van der Waals surface area contributed by atoms with E-state index in [2.05, 4.69) is 0 Å². The highest BCUT2D eigenvalue weighted by atomic mass is 32.3. The van der Waals surface area contributed by atoms with Gasteiger partial charge in [0, 0.05) is 6.42 Å². The molecule has 1 rings (SSSR count). The second-order valence-corrected chi connectivity index (χ2v) is 2.80. The highest BCUT2D eigenvalue weighted by Crippen LogP contribution is 1.94. The lowest BCUT2D eigenvalue weighted by Crippen LogP contribution is -1.90. The summed E-state index contributed by atoms with van der Waals surface area (Å²) in [5.74, 6) is 0.197. The lowest BCUT2D eigenvalue weighted by Gasteiger charge is -1.88. The minimum absolute atomic E-state index is 0.197. The average Bonchev–Trinajstić information content (AvgIpc) is 1.85. The van der Waals surface area contributed by atoms with Gasteiger partial charge < -0.3 is 0 Å². The van der Waals surface area contributed by atoms with Crippen LogP contribution in [0.2, 0.25) is 0 Å². The van der Waals surface area contributed by atoms with Crippen LogP contribution in [0.15, 0.2) is 24.3 Å². The van der Waals surface area contributed by atoms with Gasteiger partial charge in [-0.15, -0.1) is 0 Å². The van der Waals surface area contributed by atoms with Crippen LogP contribution < -0.4 is 0 Å². The van der Waals surface area contributed by atoms with E-state index in [0.717, 1.165) is 0 Å². The van der Waals surface area contributed by atoms with Gasteiger partial charge in [-0.25, -0.2) is 0 Å². The van der Waals surface area contributed by atoms with E-state index in [4.69, 9.17) is 17.5 Å². The Morgan fingerprint density at radius 3 is 1.92 bits per heavy atom. The van der Waals surface area contributed by atoms with Gasteiger partial charge in [-0.2, -0.15) is 8.42 Å². The molecule has 0 aromatic heterocycles. The SMILES string of the molecule is O=C1C=CC=CC1.O=S(=O)(O)O. The molecule has 0 spiro atoms. The van der Waals surface area contributed by atoms with Gasteiger partial charge in [-0.05, 0) is 6.08 Å². The Hall–Kier alpha value is -0.980. The summed E-state index contributed by atoms with van der Waals surface area (Å²) < 4.78 is 31.6. The molecule has 0 aromatic carbocycles. The van der Waals surface area contributed by atoms with Crippen LogP contribution in [-0.4, -0.2) is 23.3 Å². The minimum Gasteiger partial charge on any atom is -0.295 e.